The molecule has 0 aliphatic rings. The van der Waals surface area contributed by atoms with E-state index in [-0.39, 0.29) is 13.0 Å². The molecule has 0 fully saturated rings. The van der Waals surface area contributed by atoms with Crippen LogP contribution in [0.25, 0.3) is 0 Å². The Balaban J connectivity index is 2.45. The number of nitrogens with zero attached hydrogens (tertiary/aromatic N) is 2. The van der Waals surface area contributed by atoms with E-state index >= 15 is 0 Å². The first kappa shape index (κ1) is 12.3. The van der Waals surface area contributed by atoms with E-state index in [1.54, 1.807) is 0 Å². The number of sulfonamides is 1. The van der Waals surface area contributed by atoms with Gasteiger partial charge in [0.15, 0.2) is 0 Å². The standard InChI is InChI=1S/C5H6F3N3O2S2/c6-5(7,8)15(12,13)10-2-1-4-9-3-14-11-4/h3,10H,1-2H2. The third-order valence-corrected chi connectivity index (χ3v) is 3.06. The molecule has 0 saturated carbocycles. The van der Waals surface area contributed by atoms with Crippen LogP contribution in [0.3, 0.4) is 0 Å². The Hall–Kier alpha value is -0.740. The smallest absolute Gasteiger partial charge is 0.228 e. The van der Waals surface area contributed by atoms with Crippen molar-refractivity contribution in [1.82, 2.24) is 14.1 Å². The Morgan fingerprint density at radius 2 is 2.13 bits per heavy atom. The molecule has 10 heteroatoms. The average Bonchev–Trinajstić information content (AvgIpc) is 2.54. The lowest BCUT2D eigenvalue weighted by Gasteiger charge is -2.07. The highest BCUT2D eigenvalue weighted by molar-refractivity contribution is 7.90. The minimum atomic E-state index is -5.28. The maximum absolute atomic E-state index is 11.8. The maximum atomic E-state index is 11.8. The van der Waals surface area contributed by atoms with E-state index in [0.29, 0.717) is 5.82 Å². The van der Waals surface area contributed by atoms with Crippen molar-refractivity contribution in [3.63, 3.8) is 0 Å². The quantitative estimate of drug-likeness (QED) is 0.857. The molecule has 0 aliphatic carbocycles. The van der Waals surface area contributed by atoms with E-state index in [9.17, 15) is 21.6 Å². The topological polar surface area (TPSA) is 72.0 Å². The highest BCUT2D eigenvalue weighted by Gasteiger charge is 2.45. The number of aromatic nitrogens is 2. The summed E-state index contributed by atoms with van der Waals surface area (Å²) in [4.78, 5) is 3.69. The summed E-state index contributed by atoms with van der Waals surface area (Å²) in [6.45, 7) is -0.376. The van der Waals surface area contributed by atoms with Crippen molar-refractivity contribution in [2.45, 2.75) is 11.9 Å². The summed E-state index contributed by atoms with van der Waals surface area (Å²) in [7, 11) is -5.25. The molecule has 1 rings (SSSR count). The van der Waals surface area contributed by atoms with E-state index < -0.39 is 15.5 Å². The number of hydrogen-bond acceptors (Lipinski definition) is 5. The number of rotatable bonds is 4. The van der Waals surface area contributed by atoms with Gasteiger partial charge in [0.05, 0.1) is 0 Å². The molecule has 5 nitrogen and oxygen atoms in total. The number of hydrogen-bond donors (Lipinski definition) is 1. The second-order valence-corrected chi connectivity index (χ2v) is 4.80. The molecule has 1 aromatic rings. The van der Waals surface area contributed by atoms with Crippen LogP contribution < -0.4 is 4.72 Å². The largest absolute Gasteiger partial charge is 0.511 e. The Morgan fingerprint density at radius 1 is 1.47 bits per heavy atom. The number of halogens is 3. The number of alkyl halides is 3. The summed E-state index contributed by atoms with van der Waals surface area (Å²) in [5.74, 6) is 0.310. The molecule has 0 atom stereocenters. The average molecular weight is 261 g/mol. The first-order valence-corrected chi connectivity index (χ1v) is 5.96. The fourth-order valence-electron chi connectivity index (χ4n) is 0.682. The van der Waals surface area contributed by atoms with Gasteiger partial charge in [0, 0.05) is 13.0 Å². The van der Waals surface area contributed by atoms with Gasteiger partial charge in [0.1, 0.15) is 11.3 Å². The molecule has 0 spiro atoms. The van der Waals surface area contributed by atoms with Gasteiger partial charge in [-0.2, -0.15) is 17.5 Å². The lowest BCUT2D eigenvalue weighted by Crippen LogP contribution is -2.37. The Bertz CT molecular complexity index is 400. The third kappa shape index (κ3) is 3.39. The summed E-state index contributed by atoms with van der Waals surface area (Å²) in [5.41, 5.74) is -3.86. The Morgan fingerprint density at radius 3 is 2.60 bits per heavy atom. The molecule has 86 valence electrons. The Labute approximate surface area is 87.6 Å². The normalized spacial score (nSPS) is 13.0. The summed E-state index contributed by atoms with van der Waals surface area (Å²) in [6.07, 6.45) is 0.0266. The van der Waals surface area contributed by atoms with Crippen molar-refractivity contribution in [3.8, 4) is 0 Å². The second kappa shape index (κ2) is 4.41. The van der Waals surface area contributed by atoms with E-state index in [4.69, 9.17) is 0 Å². The van der Waals surface area contributed by atoms with Gasteiger partial charge < -0.3 is 0 Å². The fraction of sp³-hybridized carbons (Fsp3) is 0.600. The van der Waals surface area contributed by atoms with Crippen LogP contribution in [0.4, 0.5) is 13.2 Å². The van der Waals surface area contributed by atoms with Gasteiger partial charge in [-0.25, -0.2) is 18.1 Å². The van der Waals surface area contributed by atoms with Crippen molar-refractivity contribution >= 4 is 21.6 Å². The zero-order valence-electron chi connectivity index (χ0n) is 7.15. The second-order valence-electron chi connectivity index (χ2n) is 2.44. The van der Waals surface area contributed by atoms with Gasteiger partial charge >= 0.3 is 15.5 Å². The molecule has 1 heterocycles. The van der Waals surface area contributed by atoms with Crippen LogP contribution in [0, 0.1) is 0 Å². The highest BCUT2D eigenvalue weighted by atomic mass is 32.2. The van der Waals surface area contributed by atoms with Crippen molar-refractivity contribution in [2.24, 2.45) is 0 Å². The molecular formula is C5H6F3N3O2S2. The summed E-state index contributed by atoms with van der Waals surface area (Å²) in [6, 6.07) is 0. The maximum Gasteiger partial charge on any atom is 0.511 e. The molecule has 0 unspecified atom stereocenters. The fourth-order valence-corrected chi connectivity index (χ4v) is 1.69. The number of nitrogens with one attached hydrogen (secondary N) is 1. The van der Waals surface area contributed by atoms with Gasteiger partial charge in [-0.05, 0) is 11.5 Å². The van der Waals surface area contributed by atoms with Gasteiger partial charge in [-0.3, -0.25) is 0 Å². The predicted molar refractivity (Wildman–Crippen MR) is 46.6 cm³/mol. The van der Waals surface area contributed by atoms with Crippen molar-refractivity contribution in [2.75, 3.05) is 6.54 Å². The minimum absolute atomic E-state index is 0.0266. The molecule has 0 radical (unpaired) electrons. The van der Waals surface area contributed by atoms with Crippen LogP contribution in [0.1, 0.15) is 5.82 Å². The zero-order valence-corrected chi connectivity index (χ0v) is 8.79. The van der Waals surface area contributed by atoms with Crippen LogP contribution in [0.15, 0.2) is 5.51 Å². The molecule has 0 aromatic carbocycles. The molecule has 0 bridgehead atoms. The van der Waals surface area contributed by atoms with Crippen LogP contribution in [0.2, 0.25) is 0 Å². The first-order chi connectivity index (χ1) is 6.83. The third-order valence-electron chi connectivity index (χ3n) is 1.35. The van der Waals surface area contributed by atoms with Gasteiger partial charge in [0.25, 0.3) is 0 Å². The first-order valence-electron chi connectivity index (χ1n) is 3.64. The van der Waals surface area contributed by atoms with Crippen molar-refractivity contribution in [3.05, 3.63) is 11.3 Å². The summed E-state index contributed by atoms with van der Waals surface area (Å²) >= 11 is 1.04. The van der Waals surface area contributed by atoms with Crippen LogP contribution in [-0.2, 0) is 16.4 Å². The molecule has 1 N–H and O–H groups in total. The van der Waals surface area contributed by atoms with Gasteiger partial charge in [-0.1, -0.05) is 0 Å². The lowest BCUT2D eigenvalue weighted by molar-refractivity contribution is -0.0447. The molecule has 0 amide bonds. The zero-order chi connectivity index (χ0) is 11.5. The predicted octanol–water partition coefficient (Wildman–Crippen LogP) is 0.520. The minimum Gasteiger partial charge on any atom is -0.228 e. The van der Waals surface area contributed by atoms with E-state index in [1.165, 1.54) is 10.2 Å². The summed E-state index contributed by atoms with van der Waals surface area (Å²) < 4.78 is 61.6. The van der Waals surface area contributed by atoms with Gasteiger partial charge in [-0.15, -0.1) is 0 Å². The van der Waals surface area contributed by atoms with Crippen LogP contribution >= 0.6 is 11.5 Å². The van der Waals surface area contributed by atoms with E-state index in [2.05, 4.69) is 9.36 Å². The van der Waals surface area contributed by atoms with Crippen molar-refractivity contribution < 1.29 is 21.6 Å². The molecule has 0 saturated heterocycles. The lowest BCUT2D eigenvalue weighted by atomic mass is 10.4. The van der Waals surface area contributed by atoms with Gasteiger partial charge in [0.2, 0.25) is 0 Å². The van der Waals surface area contributed by atoms with Crippen LogP contribution in [-0.4, -0.2) is 29.8 Å². The van der Waals surface area contributed by atoms with E-state index in [1.807, 2.05) is 0 Å². The monoisotopic (exact) mass is 261 g/mol. The summed E-state index contributed by atoms with van der Waals surface area (Å²) in [5, 5.41) is 0. The SMILES string of the molecule is O=S(=O)(NCCc1ncsn1)C(F)(F)F. The Kier molecular flexibility index (Phi) is 3.62. The molecule has 0 aliphatic heterocycles. The highest BCUT2D eigenvalue weighted by Crippen LogP contribution is 2.21. The van der Waals surface area contributed by atoms with E-state index in [0.717, 1.165) is 11.5 Å². The van der Waals surface area contributed by atoms with Crippen LogP contribution in [0.5, 0.6) is 0 Å². The van der Waals surface area contributed by atoms with Crippen molar-refractivity contribution in [1.29, 1.82) is 0 Å². The molecular weight excluding hydrogens is 255 g/mol. The molecule has 15 heavy (non-hydrogen) atoms. The molecule has 1 aromatic heterocycles.